The van der Waals surface area contributed by atoms with E-state index in [1.54, 1.807) is 18.3 Å². The summed E-state index contributed by atoms with van der Waals surface area (Å²) in [5, 5.41) is 20.0. The van der Waals surface area contributed by atoms with Gasteiger partial charge >= 0.3 is 0 Å². The Bertz CT molecular complexity index is 1350. The van der Waals surface area contributed by atoms with Gasteiger partial charge in [-0.3, -0.25) is 10.1 Å². The minimum absolute atomic E-state index is 0.00787. The first-order valence-corrected chi connectivity index (χ1v) is 10.8. The number of nitrogens with zero attached hydrogens (tertiary/aromatic N) is 6. The van der Waals surface area contributed by atoms with Crippen molar-refractivity contribution < 1.29 is 14.2 Å². The molecule has 1 N–H and O–H groups in total. The molecule has 4 aromatic rings. The second-order valence-electron chi connectivity index (χ2n) is 8.01. The number of ether oxygens (including phenoxy) is 1. The van der Waals surface area contributed by atoms with Crippen molar-refractivity contribution in [2.45, 2.75) is 0 Å². The zero-order valence-electron chi connectivity index (χ0n) is 18.8. The third kappa shape index (κ3) is 4.08. The highest BCUT2D eigenvalue weighted by Gasteiger charge is 2.26. The number of nitrogens with one attached hydrogen (secondary N) is 1. The van der Waals surface area contributed by atoms with Crippen LogP contribution in [0.15, 0.2) is 53.2 Å². The maximum Gasteiger partial charge on any atom is 0.294 e. The van der Waals surface area contributed by atoms with Gasteiger partial charge in [0, 0.05) is 44.5 Å². The number of nitro benzene ring substituents is 1. The Labute approximate surface area is 195 Å². The minimum Gasteiger partial charge on any atom is -0.494 e. The van der Waals surface area contributed by atoms with E-state index in [1.165, 1.54) is 13.2 Å². The van der Waals surface area contributed by atoms with E-state index in [1.807, 2.05) is 36.2 Å². The lowest BCUT2D eigenvalue weighted by atomic mass is 10.1. The largest absolute Gasteiger partial charge is 0.494 e. The Morgan fingerprint density at radius 3 is 2.71 bits per heavy atom. The van der Waals surface area contributed by atoms with Gasteiger partial charge < -0.3 is 24.4 Å². The van der Waals surface area contributed by atoms with Crippen LogP contribution in [0.3, 0.4) is 0 Å². The molecule has 0 radical (unpaired) electrons. The smallest absolute Gasteiger partial charge is 0.294 e. The lowest BCUT2D eigenvalue weighted by Gasteiger charge is -2.33. The molecule has 0 bridgehead atoms. The molecule has 0 amide bonds. The maximum absolute atomic E-state index is 11.9. The normalized spacial score (nSPS) is 14.4. The molecule has 5 rings (SSSR count). The van der Waals surface area contributed by atoms with E-state index in [9.17, 15) is 10.1 Å². The standard InChI is InChI=1S/C23H23N7O4/c1-28-9-11-29(12-10-28)18-14-21(33-2)17(13-19(18)30(31)32)26-23-24-8-7-16(25-23)22-15-5-3-4-6-20(15)34-27-22/h3-8,13-14H,9-12H2,1-2H3,(H,24,25,26). The Kier molecular flexibility index (Phi) is 5.68. The Balaban J connectivity index is 1.49. The Morgan fingerprint density at radius 2 is 1.94 bits per heavy atom. The van der Waals surface area contributed by atoms with Gasteiger partial charge in [-0.2, -0.15) is 0 Å². The summed E-state index contributed by atoms with van der Waals surface area (Å²) in [5.41, 5.74) is 2.72. The van der Waals surface area contributed by atoms with Crippen LogP contribution in [0.4, 0.5) is 23.0 Å². The summed E-state index contributed by atoms with van der Waals surface area (Å²) in [6.45, 7) is 3.06. The van der Waals surface area contributed by atoms with Gasteiger partial charge in [-0.25, -0.2) is 9.97 Å². The quantitative estimate of drug-likeness (QED) is 0.336. The minimum atomic E-state index is -0.378. The van der Waals surface area contributed by atoms with Crippen LogP contribution in [-0.4, -0.2) is 65.3 Å². The van der Waals surface area contributed by atoms with E-state index >= 15 is 0 Å². The summed E-state index contributed by atoms with van der Waals surface area (Å²) in [7, 11) is 3.56. The lowest BCUT2D eigenvalue weighted by molar-refractivity contribution is -0.384. The van der Waals surface area contributed by atoms with E-state index in [2.05, 4.69) is 25.3 Å². The summed E-state index contributed by atoms with van der Waals surface area (Å²) in [4.78, 5) is 24.6. The van der Waals surface area contributed by atoms with Crippen molar-refractivity contribution in [3.8, 4) is 17.1 Å². The van der Waals surface area contributed by atoms with Crippen LogP contribution in [0.1, 0.15) is 0 Å². The number of nitro groups is 1. The number of rotatable bonds is 6. The van der Waals surface area contributed by atoms with Gasteiger partial charge in [-0.05, 0) is 25.2 Å². The third-order valence-corrected chi connectivity index (χ3v) is 5.86. The number of fused-ring (bicyclic) bond motifs is 1. The number of hydrogen-bond acceptors (Lipinski definition) is 10. The molecular formula is C23H23N7O4. The summed E-state index contributed by atoms with van der Waals surface area (Å²) in [6.07, 6.45) is 1.59. The Morgan fingerprint density at radius 1 is 1.15 bits per heavy atom. The summed E-state index contributed by atoms with van der Waals surface area (Å²) < 4.78 is 10.9. The second kappa shape index (κ2) is 8.94. The predicted molar refractivity (Wildman–Crippen MR) is 128 cm³/mol. The highest BCUT2D eigenvalue weighted by Crippen LogP contribution is 2.39. The van der Waals surface area contributed by atoms with E-state index < -0.39 is 0 Å². The van der Waals surface area contributed by atoms with Crippen molar-refractivity contribution in [3.63, 3.8) is 0 Å². The van der Waals surface area contributed by atoms with Gasteiger partial charge in [0.1, 0.15) is 17.1 Å². The zero-order valence-corrected chi connectivity index (χ0v) is 18.8. The van der Waals surface area contributed by atoms with Crippen LogP contribution in [0.5, 0.6) is 5.75 Å². The number of methoxy groups -OCH3 is 1. The molecule has 2 aromatic carbocycles. The fourth-order valence-electron chi connectivity index (χ4n) is 4.01. The van der Waals surface area contributed by atoms with Crippen molar-refractivity contribution in [3.05, 3.63) is 58.8 Å². The zero-order chi connectivity index (χ0) is 23.7. The van der Waals surface area contributed by atoms with Gasteiger partial charge in [-0.15, -0.1) is 0 Å². The fraction of sp³-hybridized carbons (Fsp3) is 0.261. The number of aromatic nitrogens is 3. The first-order chi connectivity index (χ1) is 16.5. The van der Waals surface area contributed by atoms with Crippen molar-refractivity contribution >= 4 is 34.0 Å². The van der Waals surface area contributed by atoms with Crippen LogP contribution >= 0.6 is 0 Å². The molecule has 11 heteroatoms. The highest BCUT2D eigenvalue weighted by atomic mass is 16.6. The van der Waals surface area contributed by atoms with Crippen LogP contribution in [-0.2, 0) is 0 Å². The molecule has 1 aliphatic heterocycles. The molecule has 1 aliphatic rings. The van der Waals surface area contributed by atoms with Crippen LogP contribution < -0.4 is 15.0 Å². The summed E-state index contributed by atoms with van der Waals surface area (Å²) in [6, 6.07) is 12.4. The average molecular weight is 461 g/mol. The first kappa shape index (κ1) is 21.6. The van der Waals surface area contributed by atoms with E-state index in [0.717, 1.165) is 18.5 Å². The van der Waals surface area contributed by atoms with Gasteiger partial charge in [0.25, 0.3) is 5.69 Å². The van der Waals surface area contributed by atoms with Gasteiger partial charge in [0.05, 0.1) is 28.8 Å². The highest BCUT2D eigenvalue weighted by molar-refractivity contribution is 5.90. The van der Waals surface area contributed by atoms with Gasteiger partial charge in [0.15, 0.2) is 5.58 Å². The third-order valence-electron chi connectivity index (χ3n) is 5.86. The van der Waals surface area contributed by atoms with Gasteiger partial charge in [0.2, 0.25) is 5.95 Å². The molecule has 174 valence electrons. The van der Waals surface area contributed by atoms with Crippen molar-refractivity contribution in [1.82, 2.24) is 20.0 Å². The molecule has 3 heterocycles. The fourth-order valence-corrected chi connectivity index (χ4v) is 4.01. The van der Waals surface area contributed by atoms with E-state index in [0.29, 0.717) is 47.2 Å². The van der Waals surface area contributed by atoms with Crippen LogP contribution in [0, 0.1) is 10.1 Å². The molecule has 0 spiro atoms. The lowest BCUT2D eigenvalue weighted by Crippen LogP contribution is -2.44. The molecule has 0 unspecified atom stereocenters. The molecule has 1 fully saturated rings. The second-order valence-corrected chi connectivity index (χ2v) is 8.01. The number of hydrogen-bond donors (Lipinski definition) is 1. The molecule has 2 aromatic heterocycles. The molecular weight excluding hydrogens is 438 g/mol. The predicted octanol–water partition coefficient (Wildman–Crippen LogP) is 3.70. The van der Waals surface area contributed by atoms with Crippen LogP contribution in [0.2, 0.25) is 0 Å². The first-order valence-electron chi connectivity index (χ1n) is 10.8. The van der Waals surface area contributed by atoms with Gasteiger partial charge in [-0.1, -0.05) is 17.3 Å². The van der Waals surface area contributed by atoms with Crippen molar-refractivity contribution in [2.24, 2.45) is 0 Å². The number of para-hydroxylation sites is 1. The number of likely N-dealkylation sites (N-methyl/N-ethyl adjacent to an activating group) is 1. The Hall–Kier alpha value is -4.25. The molecule has 0 saturated carbocycles. The number of piperazine rings is 1. The van der Waals surface area contributed by atoms with Crippen molar-refractivity contribution in [2.75, 3.05) is 50.6 Å². The monoisotopic (exact) mass is 461 g/mol. The van der Waals surface area contributed by atoms with Crippen LogP contribution in [0.25, 0.3) is 22.4 Å². The topological polar surface area (TPSA) is 123 Å². The number of anilines is 3. The van der Waals surface area contributed by atoms with E-state index in [4.69, 9.17) is 9.26 Å². The molecule has 11 nitrogen and oxygen atoms in total. The van der Waals surface area contributed by atoms with Crippen molar-refractivity contribution in [1.29, 1.82) is 0 Å². The molecule has 0 atom stereocenters. The SMILES string of the molecule is COc1cc(N2CCN(C)CC2)c([N+](=O)[O-])cc1Nc1nccc(-c2noc3ccccc23)n1. The molecule has 34 heavy (non-hydrogen) atoms. The molecule has 0 aliphatic carbocycles. The average Bonchev–Trinajstić information content (AvgIpc) is 3.29. The number of benzene rings is 2. The summed E-state index contributed by atoms with van der Waals surface area (Å²) >= 11 is 0. The molecule has 1 saturated heterocycles. The maximum atomic E-state index is 11.9. The summed E-state index contributed by atoms with van der Waals surface area (Å²) in [5.74, 6) is 0.713. The van der Waals surface area contributed by atoms with E-state index in [-0.39, 0.29) is 16.6 Å².